The summed E-state index contributed by atoms with van der Waals surface area (Å²) in [6.07, 6.45) is 0.350. The van der Waals surface area contributed by atoms with Crippen LogP contribution in [-0.2, 0) is 4.79 Å². The van der Waals surface area contributed by atoms with Gasteiger partial charge in [-0.1, -0.05) is 0 Å². The van der Waals surface area contributed by atoms with E-state index in [0.717, 1.165) is 9.37 Å². The predicted octanol–water partition coefficient (Wildman–Crippen LogP) is 0.995. The minimum Gasteiger partial charge on any atom is -0.465 e. The summed E-state index contributed by atoms with van der Waals surface area (Å²) in [6.45, 7) is 0.599. The highest BCUT2D eigenvalue weighted by Gasteiger charge is 2.33. The Labute approximate surface area is 106 Å². The first kappa shape index (κ1) is 12.0. The fourth-order valence-corrected chi connectivity index (χ4v) is 1.89. The van der Waals surface area contributed by atoms with E-state index in [1.807, 2.05) is 0 Å². The molecule has 0 aliphatic carbocycles. The number of nitrogens with zero attached hydrogens (tertiary/aromatic N) is 2. The molecule has 0 aromatic carbocycles. The summed E-state index contributed by atoms with van der Waals surface area (Å²) in [5.74, 6) is -0.487. The molecule has 2 rings (SSSR count). The molecule has 1 aliphatic heterocycles. The van der Waals surface area contributed by atoms with Crippen molar-refractivity contribution in [2.24, 2.45) is 0 Å². The number of amides is 2. The molecule has 0 saturated carbocycles. The summed E-state index contributed by atoms with van der Waals surface area (Å²) in [4.78, 5) is 27.6. The first-order valence-electron chi connectivity index (χ1n) is 4.99. The minimum absolute atomic E-state index is 0.168. The molecule has 90 valence electrons. The molecule has 2 N–H and O–H groups in total. The van der Waals surface area contributed by atoms with Gasteiger partial charge < -0.3 is 5.11 Å². The molecule has 7 heteroatoms. The van der Waals surface area contributed by atoms with Crippen LogP contribution in [0.15, 0.2) is 22.8 Å². The van der Waals surface area contributed by atoms with Gasteiger partial charge in [-0.05, 0) is 28.1 Å². The number of aromatic nitrogens is 1. The summed E-state index contributed by atoms with van der Waals surface area (Å²) in [5.41, 5.74) is 0.518. The van der Waals surface area contributed by atoms with E-state index in [-0.39, 0.29) is 6.54 Å². The van der Waals surface area contributed by atoms with E-state index in [1.165, 1.54) is 0 Å². The fourth-order valence-electron chi connectivity index (χ4n) is 1.65. The topological polar surface area (TPSA) is 82.5 Å². The monoisotopic (exact) mass is 299 g/mol. The number of pyridine rings is 1. The first-order valence-corrected chi connectivity index (χ1v) is 5.78. The van der Waals surface area contributed by atoms with Gasteiger partial charge in [0.2, 0.25) is 0 Å². The number of halogens is 1. The smallest absolute Gasteiger partial charge is 0.414 e. The van der Waals surface area contributed by atoms with Crippen LogP contribution in [0.3, 0.4) is 0 Å². The SMILES string of the molecule is O=C(O)N1CCNC(c2ccc(Br)cn2)C1=O. The predicted molar refractivity (Wildman–Crippen MR) is 62.4 cm³/mol. The van der Waals surface area contributed by atoms with Crippen LogP contribution in [0.2, 0.25) is 0 Å². The third-order valence-electron chi connectivity index (χ3n) is 2.47. The second-order valence-corrected chi connectivity index (χ2v) is 4.48. The Hall–Kier alpha value is -1.47. The Morgan fingerprint density at radius 1 is 1.59 bits per heavy atom. The molecule has 0 spiro atoms. The molecular formula is C10H10BrN3O3. The van der Waals surface area contributed by atoms with Crippen LogP contribution < -0.4 is 5.32 Å². The molecule has 6 nitrogen and oxygen atoms in total. The number of hydrogen-bond donors (Lipinski definition) is 2. The first-order chi connectivity index (χ1) is 8.09. The van der Waals surface area contributed by atoms with E-state index in [0.29, 0.717) is 12.2 Å². The summed E-state index contributed by atoms with van der Waals surface area (Å²) < 4.78 is 0.805. The largest absolute Gasteiger partial charge is 0.465 e. The molecule has 1 fully saturated rings. The van der Waals surface area contributed by atoms with Gasteiger partial charge in [0.25, 0.3) is 5.91 Å². The van der Waals surface area contributed by atoms with Crippen LogP contribution in [0.25, 0.3) is 0 Å². The van der Waals surface area contributed by atoms with Gasteiger partial charge in [0.1, 0.15) is 6.04 Å². The quantitative estimate of drug-likeness (QED) is 0.808. The second kappa shape index (κ2) is 4.80. The molecule has 1 saturated heterocycles. The van der Waals surface area contributed by atoms with Gasteiger partial charge in [-0.3, -0.25) is 15.1 Å². The normalized spacial score (nSPS) is 20.4. The lowest BCUT2D eigenvalue weighted by Crippen LogP contribution is -2.52. The van der Waals surface area contributed by atoms with Crippen molar-refractivity contribution in [2.45, 2.75) is 6.04 Å². The lowest BCUT2D eigenvalue weighted by atomic mass is 10.1. The molecular weight excluding hydrogens is 290 g/mol. The number of nitrogens with one attached hydrogen (secondary N) is 1. The van der Waals surface area contributed by atoms with Crippen molar-refractivity contribution in [3.63, 3.8) is 0 Å². The third-order valence-corrected chi connectivity index (χ3v) is 2.94. The maximum Gasteiger partial charge on any atom is 0.414 e. The van der Waals surface area contributed by atoms with E-state index in [2.05, 4.69) is 26.2 Å². The Kier molecular flexibility index (Phi) is 3.39. The Bertz CT molecular complexity index is 449. The van der Waals surface area contributed by atoms with Crippen LogP contribution in [0, 0.1) is 0 Å². The number of carboxylic acid groups (broad SMARTS) is 1. The van der Waals surface area contributed by atoms with Gasteiger partial charge >= 0.3 is 6.09 Å². The maximum absolute atomic E-state index is 11.9. The molecule has 1 atom stereocenters. The molecule has 1 unspecified atom stereocenters. The van der Waals surface area contributed by atoms with Crippen molar-refractivity contribution < 1.29 is 14.7 Å². The van der Waals surface area contributed by atoms with E-state index in [9.17, 15) is 9.59 Å². The van der Waals surface area contributed by atoms with Crippen molar-refractivity contribution in [1.29, 1.82) is 0 Å². The second-order valence-electron chi connectivity index (χ2n) is 3.56. The van der Waals surface area contributed by atoms with Crippen LogP contribution in [0.5, 0.6) is 0 Å². The zero-order valence-electron chi connectivity index (χ0n) is 8.76. The molecule has 2 heterocycles. The minimum atomic E-state index is -1.22. The van der Waals surface area contributed by atoms with Gasteiger partial charge in [0.15, 0.2) is 0 Å². The summed E-state index contributed by atoms with van der Waals surface area (Å²) in [7, 11) is 0. The zero-order chi connectivity index (χ0) is 12.4. The Morgan fingerprint density at radius 2 is 2.35 bits per heavy atom. The molecule has 1 aromatic rings. The highest BCUT2D eigenvalue weighted by Crippen LogP contribution is 2.18. The van der Waals surface area contributed by atoms with E-state index in [4.69, 9.17) is 5.11 Å². The summed E-state index contributed by atoms with van der Waals surface area (Å²) >= 11 is 3.25. The van der Waals surface area contributed by atoms with Crippen molar-refractivity contribution in [2.75, 3.05) is 13.1 Å². The van der Waals surface area contributed by atoms with Crippen molar-refractivity contribution >= 4 is 27.9 Å². The highest BCUT2D eigenvalue weighted by molar-refractivity contribution is 9.10. The van der Waals surface area contributed by atoms with Crippen molar-refractivity contribution in [3.05, 3.63) is 28.5 Å². The number of imide groups is 1. The van der Waals surface area contributed by atoms with Crippen molar-refractivity contribution in [3.8, 4) is 0 Å². The van der Waals surface area contributed by atoms with Gasteiger partial charge in [0, 0.05) is 23.8 Å². The standard InChI is InChI=1S/C10H10BrN3O3/c11-6-1-2-7(13-5-6)8-9(15)14(10(16)17)4-3-12-8/h1-2,5,8,12H,3-4H2,(H,16,17). The summed E-state index contributed by atoms with van der Waals surface area (Å²) in [5, 5.41) is 11.8. The van der Waals surface area contributed by atoms with E-state index >= 15 is 0 Å². The molecule has 1 aromatic heterocycles. The lowest BCUT2D eigenvalue weighted by Gasteiger charge is -2.29. The van der Waals surface area contributed by atoms with Gasteiger partial charge in [0.05, 0.1) is 5.69 Å². The molecule has 1 aliphatic rings. The number of hydrogen-bond acceptors (Lipinski definition) is 4. The van der Waals surface area contributed by atoms with Gasteiger partial charge in [-0.2, -0.15) is 0 Å². The lowest BCUT2D eigenvalue weighted by molar-refractivity contribution is -0.133. The van der Waals surface area contributed by atoms with Crippen LogP contribution in [0.4, 0.5) is 4.79 Å². The number of carbonyl (C=O) groups is 2. The number of carbonyl (C=O) groups excluding carboxylic acids is 1. The van der Waals surface area contributed by atoms with Crippen LogP contribution in [0.1, 0.15) is 11.7 Å². The molecule has 0 radical (unpaired) electrons. The third kappa shape index (κ3) is 2.45. The Morgan fingerprint density at radius 3 is 2.94 bits per heavy atom. The van der Waals surface area contributed by atoms with E-state index < -0.39 is 18.0 Å². The Balaban J connectivity index is 2.23. The number of piperazine rings is 1. The van der Waals surface area contributed by atoms with Crippen LogP contribution >= 0.6 is 15.9 Å². The zero-order valence-corrected chi connectivity index (χ0v) is 10.3. The fraction of sp³-hybridized carbons (Fsp3) is 0.300. The van der Waals surface area contributed by atoms with Crippen molar-refractivity contribution in [1.82, 2.24) is 15.2 Å². The van der Waals surface area contributed by atoms with Gasteiger partial charge in [-0.15, -0.1) is 0 Å². The molecule has 2 amide bonds. The average molecular weight is 300 g/mol. The maximum atomic E-state index is 11.9. The number of rotatable bonds is 1. The van der Waals surface area contributed by atoms with Crippen LogP contribution in [-0.4, -0.2) is 40.1 Å². The van der Waals surface area contributed by atoms with E-state index in [1.54, 1.807) is 18.3 Å². The molecule has 0 bridgehead atoms. The average Bonchev–Trinajstić information content (AvgIpc) is 2.30. The summed E-state index contributed by atoms with van der Waals surface area (Å²) in [6, 6.07) is 2.76. The highest BCUT2D eigenvalue weighted by atomic mass is 79.9. The van der Waals surface area contributed by atoms with Gasteiger partial charge in [-0.25, -0.2) is 9.69 Å². The molecule has 17 heavy (non-hydrogen) atoms.